The number of benzene rings is 1. The minimum Gasteiger partial charge on any atom is -0.493 e. The van der Waals surface area contributed by atoms with Gasteiger partial charge in [0.2, 0.25) is 0 Å². The van der Waals surface area contributed by atoms with Crippen LogP contribution in [0.15, 0.2) is 18.2 Å². The summed E-state index contributed by atoms with van der Waals surface area (Å²) in [7, 11) is 0. The van der Waals surface area contributed by atoms with Gasteiger partial charge in [0.15, 0.2) is 0 Å². The molecule has 0 unspecified atom stereocenters. The lowest BCUT2D eigenvalue weighted by atomic mass is 9.89. The van der Waals surface area contributed by atoms with Crippen molar-refractivity contribution in [3.63, 3.8) is 0 Å². The summed E-state index contributed by atoms with van der Waals surface area (Å²) in [5, 5.41) is 18.2. The zero-order valence-corrected chi connectivity index (χ0v) is 12.3. The van der Waals surface area contributed by atoms with Gasteiger partial charge in [-0.3, -0.25) is 0 Å². The van der Waals surface area contributed by atoms with E-state index in [0.29, 0.717) is 12.4 Å². The fourth-order valence-corrected chi connectivity index (χ4v) is 1.85. The van der Waals surface area contributed by atoms with Gasteiger partial charge in [-0.15, -0.1) is 0 Å². The van der Waals surface area contributed by atoms with E-state index in [1.165, 1.54) is 19.1 Å². The largest absolute Gasteiger partial charge is 0.493 e. The first kappa shape index (κ1) is 16.5. The number of hydrogen-bond acceptors (Lipinski definition) is 3. The van der Waals surface area contributed by atoms with Gasteiger partial charge in [-0.2, -0.15) is 5.26 Å². The van der Waals surface area contributed by atoms with E-state index in [2.05, 4.69) is 6.07 Å². The number of nitrogens with zero attached hydrogens (tertiary/aromatic N) is 1. The first-order valence-corrected chi connectivity index (χ1v) is 6.87. The molecule has 1 rings (SSSR count). The van der Waals surface area contributed by atoms with Crippen LogP contribution >= 0.6 is 0 Å². The molecule has 0 saturated carbocycles. The Labute approximate surface area is 120 Å². The third kappa shape index (κ3) is 5.18. The van der Waals surface area contributed by atoms with Crippen molar-refractivity contribution in [2.45, 2.75) is 46.1 Å². The van der Waals surface area contributed by atoms with Crippen LogP contribution in [0.25, 0.3) is 0 Å². The molecule has 0 spiro atoms. The third-order valence-corrected chi connectivity index (χ3v) is 3.19. The Morgan fingerprint density at radius 2 is 2.10 bits per heavy atom. The van der Waals surface area contributed by atoms with E-state index in [-0.39, 0.29) is 11.0 Å². The van der Waals surface area contributed by atoms with Crippen molar-refractivity contribution in [1.29, 1.82) is 5.26 Å². The Bertz CT molecular complexity index is 478. The Morgan fingerprint density at radius 3 is 2.65 bits per heavy atom. The number of ether oxygens (including phenoxy) is 1. The van der Waals surface area contributed by atoms with E-state index in [0.717, 1.165) is 19.3 Å². The zero-order valence-electron chi connectivity index (χ0n) is 12.3. The van der Waals surface area contributed by atoms with Crippen LogP contribution in [0.3, 0.4) is 0 Å². The maximum absolute atomic E-state index is 13.6. The summed E-state index contributed by atoms with van der Waals surface area (Å²) < 4.78 is 19.1. The molecule has 3 nitrogen and oxygen atoms in total. The number of aliphatic hydroxyl groups excluding tert-OH is 1. The van der Waals surface area contributed by atoms with E-state index in [9.17, 15) is 9.50 Å². The second-order valence-corrected chi connectivity index (χ2v) is 5.66. The minimum atomic E-state index is -0.822. The molecular formula is C16H22FNO2. The molecule has 0 radical (unpaired) electrons. The normalized spacial score (nSPS) is 12.8. The van der Waals surface area contributed by atoms with Crippen LogP contribution in [0.1, 0.15) is 51.7 Å². The standard InChI is InChI=1S/C16H22FNO2/c1-12(19)14-7-6-13(10-15(14)17)20-9-5-4-8-16(2,3)11-18/h6-7,10,12,19H,4-5,8-9H2,1-3H3/t12-/m0/s1. The van der Waals surface area contributed by atoms with Gasteiger partial charge < -0.3 is 9.84 Å². The monoisotopic (exact) mass is 279 g/mol. The number of unbranched alkanes of at least 4 members (excludes halogenated alkanes) is 1. The molecule has 0 aliphatic heterocycles. The molecule has 110 valence electrons. The summed E-state index contributed by atoms with van der Waals surface area (Å²) >= 11 is 0. The van der Waals surface area contributed by atoms with Crippen LogP contribution in [-0.4, -0.2) is 11.7 Å². The summed E-state index contributed by atoms with van der Waals surface area (Å²) in [5.74, 6) is 0.00885. The van der Waals surface area contributed by atoms with Gasteiger partial charge in [-0.25, -0.2) is 4.39 Å². The number of rotatable bonds is 7. The second kappa shape index (κ2) is 7.25. The quantitative estimate of drug-likeness (QED) is 0.768. The highest BCUT2D eigenvalue weighted by atomic mass is 19.1. The van der Waals surface area contributed by atoms with E-state index in [4.69, 9.17) is 10.00 Å². The summed E-state index contributed by atoms with van der Waals surface area (Å²) in [6.45, 7) is 5.85. The molecule has 0 aromatic heterocycles. The van der Waals surface area contributed by atoms with Gasteiger partial charge in [0.1, 0.15) is 11.6 Å². The van der Waals surface area contributed by atoms with Crippen LogP contribution in [-0.2, 0) is 0 Å². The minimum absolute atomic E-state index is 0.271. The second-order valence-electron chi connectivity index (χ2n) is 5.66. The van der Waals surface area contributed by atoms with Gasteiger partial charge >= 0.3 is 0 Å². The number of hydrogen-bond donors (Lipinski definition) is 1. The number of halogens is 1. The lowest BCUT2D eigenvalue weighted by molar-refractivity contribution is 0.194. The average molecular weight is 279 g/mol. The van der Waals surface area contributed by atoms with Crippen LogP contribution in [0.2, 0.25) is 0 Å². The Kier molecular flexibility index (Phi) is 5.97. The van der Waals surface area contributed by atoms with E-state index >= 15 is 0 Å². The van der Waals surface area contributed by atoms with Crippen LogP contribution in [0.5, 0.6) is 5.75 Å². The molecule has 0 aliphatic carbocycles. The zero-order chi connectivity index (χ0) is 15.2. The fraction of sp³-hybridized carbons (Fsp3) is 0.562. The molecule has 1 atom stereocenters. The smallest absolute Gasteiger partial charge is 0.132 e. The van der Waals surface area contributed by atoms with Crippen molar-refractivity contribution in [3.8, 4) is 11.8 Å². The third-order valence-electron chi connectivity index (χ3n) is 3.19. The number of nitriles is 1. The van der Waals surface area contributed by atoms with Gasteiger partial charge in [0, 0.05) is 11.6 Å². The highest BCUT2D eigenvalue weighted by molar-refractivity contribution is 5.29. The predicted molar refractivity (Wildman–Crippen MR) is 75.8 cm³/mol. The molecule has 4 heteroatoms. The van der Waals surface area contributed by atoms with Crippen molar-refractivity contribution < 1.29 is 14.2 Å². The van der Waals surface area contributed by atoms with Crippen LogP contribution in [0, 0.1) is 22.6 Å². The topological polar surface area (TPSA) is 53.2 Å². The molecule has 1 N–H and O–H groups in total. The van der Waals surface area contributed by atoms with Gasteiger partial charge in [-0.1, -0.05) is 0 Å². The molecule has 0 amide bonds. The molecular weight excluding hydrogens is 257 g/mol. The van der Waals surface area contributed by atoms with Gasteiger partial charge in [0.05, 0.1) is 24.2 Å². The van der Waals surface area contributed by atoms with Crippen LogP contribution in [0.4, 0.5) is 4.39 Å². The van der Waals surface area contributed by atoms with Crippen molar-refractivity contribution in [2.24, 2.45) is 5.41 Å². The average Bonchev–Trinajstić information content (AvgIpc) is 2.38. The fourth-order valence-electron chi connectivity index (χ4n) is 1.85. The first-order chi connectivity index (χ1) is 9.35. The molecule has 1 aromatic rings. The van der Waals surface area contributed by atoms with Crippen molar-refractivity contribution in [2.75, 3.05) is 6.61 Å². The van der Waals surface area contributed by atoms with Crippen molar-refractivity contribution in [1.82, 2.24) is 0 Å². The molecule has 0 aliphatic rings. The van der Waals surface area contributed by atoms with Gasteiger partial charge in [0.25, 0.3) is 0 Å². The molecule has 0 saturated heterocycles. The Balaban J connectivity index is 2.37. The van der Waals surface area contributed by atoms with E-state index in [1.807, 2.05) is 13.8 Å². The SMILES string of the molecule is C[C@H](O)c1ccc(OCCCCC(C)(C)C#N)cc1F. The molecule has 0 bridgehead atoms. The Morgan fingerprint density at radius 1 is 1.40 bits per heavy atom. The lowest BCUT2D eigenvalue weighted by Gasteiger charge is -2.14. The highest BCUT2D eigenvalue weighted by Crippen LogP contribution is 2.23. The van der Waals surface area contributed by atoms with Crippen molar-refractivity contribution in [3.05, 3.63) is 29.6 Å². The number of aliphatic hydroxyl groups is 1. The summed E-state index contributed by atoms with van der Waals surface area (Å²) in [6.07, 6.45) is 1.72. The molecule has 20 heavy (non-hydrogen) atoms. The molecule has 0 fully saturated rings. The predicted octanol–water partition coefficient (Wildman–Crippen LogP) is 3.98. The summed E-state index contributed by atoms with van der Waals surface area (Å²) in [6, 6.07) is 6.75. The highest BCUT2D eigenvalue weighted by Gasteiger charge is 2.15. The Hall–Kier alpha value is -1.60. The van der Waals surface area contributed by atoms with Crippen molar-refractivity contribution >= 4 is 0 Å². The maximum atomic E-state index is 13.6. The lowest BCUT2D eigenvalue weighted by Crippen LogP contribution is -2.08. The van der Waals surface area contributed by atoms with E-state index in [1.54, 1.807) is 6.07 Å². The summed E-state index contributed by atoms with van der Waals surface area (Å²) in [4.78, 5) is 0. The van der Waals surface area contributed by atoms with Crippen LogP contribution < -0.4 is 4.74 Å². The maximum Gasteiger partial charge on any atom is 0.132 e. The molecule has 0 heterocycles. The first-order valence-electron chi connectivity index (χ1n) is 6.87. The summed E-state index contributed by atoms with van der Waals surface area (Å²) in [5.41, 5.74) is -0.0292. The van der Waals surface area contributed by atoms with Gasteiger partial charge in [-0.05, 0) is 52.2 Å². The van der Waals surface area contributed by atoms with E-state index < -0.39 is 11.9 Å². The molecule has 1 aromatic carbocycles.